The van der Waals surface area contributed by atoms with Crippen LogP contribution in [0.3, 0.4) is 0 Å². The predicted octanol–water partition coefficient (Wildman–Crippen LogP) is 16.1. The van der Waals surface area contributed by atoms with Crippen molar-refractivity contribution in [2.24, 2.45) is 0 Å². The van der Waals surface area contributed by atoms with E-state index in [0.717, 1.165) is 83.5 Å². The quantitative estimate of drug-likeness (QED) is 0.0200. The van der Waals surface area contributed by atoms with Gasteiger partial charge in [0.25, 0.3) is 0 Å². The van der Waals surface area contributed by atoms with E-state index in [1.54, 1.807) is 0 Å². The number of carbonyl (C=O) groups is 3. The summed E-state index contributed by atoms with van der Waals surface area (Å²) in [6.45, 7) is 6.25. The molecule has 0 bridgehead atoms. The van der Waals surface area contributed by atoms with E-state index in [4.69, 9.17) is 14.2 Å². The number of rotatable bonds is 42. The highest BCUT2D eigenvalue weighted by atomic mass is 16.6. The Morgan fingerprint density at radius 1 is 0.355 bits per heavy atom. The molecule has 0 aromatic rings. The van der Waals surface area contributed by atoms with Crippen molar-refractivity contribution in [2.45, 2.75) is 200 Å². The van der Waals surface area contributed by atoms with Gasteiger partial charge in [-0.1, -0.05) is 219 Å². The Morgan fingerprint density at radius 2 is 0.742 bits per heavy atom. The Morgan fingerprint density at radius 3 is 1.24 bits per heavy atom. The molecule has 6 nitrogen and oxygen atoms in total. The van der Waals surface area contributed by atoms with Gasteiger partial charge in [0.15, 0.2) is 6.10 Å². The van der Waals surface area contributed by atoms with Gasteiger partial charge in [0, 0.05) is 19.3 Å². The number of hydrogen-bond acceptors (Lipinski definition) is 6. The van der Waals surface area contributed by atoms with Crippen molar-refractivity contribution >= 4 is 17.9 Å². The molecule has 0 aromatic heterocycles. The summed E-state index contributed by atoms with van der Waals surface area (Å²) in [5.74, 6) is -1.06. The normalized spacial score (nSPS) is 13.1. The van der Waals surface area contributed by atoms with Crippen molar-refractivity contribution in [2.75, 3.05) is 13.2 Å². The molecular weight excluding hydrogens is 769 g/mol. The third-order valence-electron chi connectivity index (χ3n) is 9.82. The third kappa shape index (κ3) is 46.9. The van der Waals surface area contributed by atoms with Crippen LogP contribution in [0.1, 0.15) is 194 Å². The van der Waals surface area contributed by atoms with Gasteiger partial charge in [0.2, 0.25) is 0 Å². The van der Waals surface area contributed by atoms with E-state index in [1.165, 1.54) is 57.8 Å². The Bertz CT molecular complexity index is 1350. The van der Waals surface area contributed by atoms with Crippen LogP contribution >= 0.6 is 0 Å². The molecule has 1 unspecified atom stereocenters. The van der Waals surface area contributed by atoms with Crippen LogP contribution in [0.15, 0.2) is 122 Å². The van der Waals surface area contributed by atoms with Crippen molar-refractivity contribution in [1.82, 2.24) is 0 Å². The van der Waals surface area contributed by atoms with E-state index in [1.807, 2.05) is 48.6 Å². The van der Waals surface area contributed by atoms with Crippen molar-refractivity contribution in [3.8, 4) is 0 Å². The summed E-state index contributed by atoms with van der Waals surface area (Å²) in [6.07, 6.45) is 67.6. The molecule has 1 atom stereocenters. The molecule has 0 N–H and O–H groups in total. The van der Waals surface area contributed by atoms with Crippen LogP contribution in [0.25, 0.3) is 0 Å². The summed E-state index contributed by atoms with van der Waals surface area (Å²) in [5, 5.41) is 0. The minimum Gasteiger partial charge on any atom is -0.462 e. The van der Waals surface area contributed by atoms with Crippen molar-refractivity contribution in [3.05, 3.63) is 122 Å². The number of hydrogen-bond donors (Lipinski definition) is 0. The molecule has 6 heteroatoms. The number of ether oxygens (including phenoxy) is 3. The van der Waals surface area contributed by atoms with Crippen molar-refractivity contribution < 1.29 is 28.6 Å². The zero-order chi connectivity index (χ0) is 45.1. The first kappa shape index (κ1) is 57.8. The lowest BCUT2D eigenvalue weighted by Gasteiger charge is -2.18. The third-order valence-corrected chi connectivity index (χ3v) is 9.82. The Labute approximate surface area is 380 Å². The molecule has 0 aliphatic rings. The average Bonchev–Trinajstić information content (AvgIpc) is 3.27. The molecule has 0 saturated heterocycles. The first-order valence-electron chi connectivity index (χ1n) is 24.6. The van der Waals surface area contributed by atoms with Gasteiger partial charge in [-0.3, -0.25) is 14.4 Å². The van der Waals surface area contributed by atoms with E-state index in [9.17, 15) is 14.4 Å². The molecule has 0 spiro atoms. The van der Waals surface area contributed by atoms with Gasteiger partial charge >= 0.3 is 17.9 Å². The molecule has 348 valence electrons. The highest BCUT2D eigenvalue weighted by Gasteiger charge is 2.19. The average molecular weight is 857 g/mol. The molecular formula is C56H88O6. The smallest absolute Gasteiger partial charge is 0.306 e. The summed E-state index contributed by atoms with van der Waals surface area (Å²) in [7, 11) is 0. The fourth-order valence-corrected chi connectivity index (χ4v) is 6.18. The van der Waals surface area contributed by atoms with E-state index < -0.39 is 6.10 Å². The van der Waals surface area contributed by atoms with Gasteiger partial charge in [-0.25, -0.2) is 0 Å². The van der Waals surface area contributed by atoms with Crippen LogP contribution in [-0.4, -0.2) is 37.2 Å². The Balaban J connectivity index is 4.56. The lowest BCUT2D eigenvalue weighted by atomic mass is 10.0. The standard InChI is InChI=1S/C56H88O6/c1-4-7-10-13-16-19-22-25-26-27-28-29-30-32-34-37-40-43-46-49-55(58)61-52-53(51-60-54(57)48-45-42-39-36-33-24-21-18-15-12-9-6-3)62-56(59)50-47-44-41-38-35-31-23-20-17-14-11-8-5-2/h7-8,10-11,14,16-17,19-20,23,25-26,28-29,31-32,34-35,40,43,53H,4-6,9,12-13,15,18,21-22,24,27,30,33,36-39,41-42,44-52H2,1-3H3/b10-7-,11-8-,17-14-,19-16-,23-20-,26-25-,29-28-,34-32-,35-31-,43-40-. The zero-order valence-electron chi connectivity index (χ0n) is 39.6. The second-order valence-electron chi connectivity index (χ2n) is 15.7. The second kappa shape index (κ2) is 49.5. The van der Waals surface area contributed by atoms with E-state index in [-0.39, 0.29) is 44.0 Å². The number of carbonyl (C=O) groups excluding carboxylic acids is 3. The Kier molecular flexibility index (Phi) is 46.1. The highest BCUT2D eigenvalue weighted by molar-refractivity contribution is 5.71. The predicted molar refractivity (Wildman–Crippen MR) is 265 cm³/mol. The van der Waals surface area contributed by atoms with E-state index in [2.05, 4.69) is 93.7 Å². The summed E-state index contributed by atoms with van der Waals surface area (Å²) in [4.78, 5) is 37.8. The van der Waals surface area contributed by atoms with Crippen LogP contribution in [0, 0.1) is 0 Å². The summed E-state index contributed by atoms with van der Waals surface area (Å²) in [5.41, 5.74) is 0. The van der Waals surface area contributed by atoms with Crippen LogP contribution in [0.2, 0.25) is 0 Å². The lowest BCUT2D eigenvalue weighted by molar-refractivity contribution is -0.166. The summed E-state index contributed by atoms with van der Waals surface area (Å²) >= 11 is 0. The number of esters is 3. The summed E-state index contributed by atoms with van der Waals surface area (Å²) < 4.78 is 16.6. The molecule has 0 amide bonds. The molecule has 0 aliphatic carbocycles. The SMILES string of the molecule is CC\C=C/C=C\C=C/C=C\CCCCCC(=O)OC(COC(=O)CC/C=C\C/C=C\C/C=C\C/C=C\C/C=C\C/C=C\CC)COC(=O)CCCCCCCCCCCCCC. The van der Waals surface area contributed by atoms with Crippen LogP contribution < -0.4 is 0 Å². The first-order valence-corrected chi connectivity index (χ1v) is 24.6. The number of allylic oxidation sites excluding steroid dienone is 20. The van der Waals surface area contributed by atoms with E-state index in [0.29, 0.717) is 19.3 Å². The van der Waals surface area contributed by atoms with Crippen molar-refractivity contribution in [1.29, 1.82) is 0 Å². The van der Waals surface area contributed by atoms with Gasteiger partial charge < -0.3 is 14.2 Å². The second-order valence-corrected chi connectivity index (χ2v) is 15.7. The van der Waals surface area contributed by atoms with Gasteiger partial charge in [-0.05, 0) is 77.0 Å². The van der Waals surface area contributed by atoms with Crippen molar-refractivity contribution in [3.63, 3.8) is 0 Å². The molecule has 0 radical (unpaired) electrons. The van der Waals surface area contributed by atoms with Crippen LogP contribution in [0.5, 0.6) is 0 Å². The topological polar surface area (TPSA) is 78.9 Å². The largest absolute Gasteiger partial charge is 0.462 e. The maximum atomic E-state index is 12.7. The van der Waals surface area contributed by atoms with Crippen LogP contribution in [0.4, 0.5) is 0 Å². The molecule has 0 saturated carbocycles. The molecule has 0 aliphatic heterocycles. The fourth-order valence-electron chi connectivity index (χ4n) is 6.18. The van der Waals surface area contributed by atoms with Gasteiger partial charge in [0.1, 0.15) is 13.2 Å². The molecule has 62 heavy (non-hydrogen) atoms. The van der Waals surface area contributed by atoms with E-state index >= 15 is 0 Å². The zero-order valence-corrected chi connectivity index (χ0v) is 39.6. The minimum atomic E-state index is -0.829. The lowest BCUT2D eigenvalue weighted by Crippen LogP contribution is -2.30. The highest BCUT2D eigenvalue weighted by Crippen LogP contribution is 2.13. The van der Waals surface area contributed by atoms with Gasteiger partial charge in [-0.2, -0.15) is 0 Å². The van der Waals surface area contributed by atoms with Gasteiger partial charge in [-0.15, -0.1) is 0 Å². The fraction of sp³-hybridized carbons (Fsp3) is 0.589. The molecule has 0 aromatic carbocycles. The van der Waals surface area contributed by atoms with Gasteiger partial charge in [0.05, 0.1) is 0 Å². The molecule has 0 heterocycles. The monoisotopic (exact) mass is 857 g/mol. The van der Waals surface area contributed by atoms with Crippen LogP contribution in [-0.2, 0) is 28.6 Å². The maximum absolute atomic E-state index is 12.7. The molecule has 0 rings (SSSR count). The number of unbranched alkanes of at least 4 members (excludes halogenated alkanes) is 14. The maximum Gasteiger partial charge on any atom is 0.306 e. The molecule has 0 fully saturated rings. The summed E-state index contributed by atoms with van der Waals surface area (Å²) in [6, 6.07) is 0. The first-order chi connectivity index (χ1) is 30.5. The minimum absolute atomic E-state index is 0.119. The Hall–Kier alpha value is -4.19.